The van der Waals surface area contributed by atoms with E-state index in [1.54, 1.807) is 6.07 Å². The number of nitrogens with zero attached hydrogens (tertiary/aromatic N) is 2. The van der Waals surface area contributed by atoms with Crippen LogP contribution in [0, 0.1) is 10.1 Å². The van der Waals surface area contributed by atoms with E-state index in [1.165, 1.54) is 19.2 Å². The fraction of sp³-hybridized carbons (Fsp3) is 0.571. The van der Waals surface area contributed by atoms with Crippen LogP contribution in [0.2, 0.25) is 0 Å². The fourth-order valence-electron chi connectivity index (χ4n) is 1.92. The Bertz CT molecular complexity index is 437. The molecule has 0 radical (unpaired) electrons. The van der Waals surface area contributed by atoms with Crippen LogP contribution >= 0.6 is 0 Å². The highest BCUT2D eigenvalue weighted by Gasteiger charge is 2.12. The molecule has 6 heteroatoms. The summed E-state index contributed by atoms with van der Waals surface area (Å²) in [4.78, 5) is 12.5. The van der Waals surface area contributed by atoms with Gasteiger partial charge in [-0.05, 0) is 25.6 Å². The quantitative estimate of drug-likeness (QED) is 0.514. The minimum Gasteiger partial charge on any atom is -0.493 e. The third-order valence-electron chi connectivity index (χ3n) is 3.01. The molecule has 0 aliphatic heterocycles. The Morgan fingerprint density at radius 2 is 2.00 bits per heavy atom. The monoisotopic (exact) mass is 282 g/mol. The number of hydrogen-bond acceptors (Lipinski definition) is 5. The number of benzene rings is 1. The molecule has 0 heterocycles. The summed E-state index contributed by atoms with van der Waals surface area (Å²) >= 11 is 0. The van der Waals surface area contributed by atoms with E-state index in [0.717, 1.165) is 26.1 Å². The average molecular weight is 282 g/mol. The first-order chi connectivity index (χ1) is 9.62. The second kappa shape index (κ2) is 8.37. The van der Waals surface area contributed by atoms with Crippen LogP contribution in [0.5, 0.6) is 11.5 Å². The van der Waals surface area contributed by atoms with E-state index in [9.17, 15) is 10.1 Å². The maximum Gasteiger partial charge on any atom is 0.273 e. The van der Waals surface area contributed by atoms with Crippen LogP contribution in [0.1, 0.15) is 20.3 Å². The van der Waals surface area contributed by atoms with Gasteiger partial charge in [-0.1, -0.05) is 13.8 Å². The van der Waals surface area contributed by atoms with Crippen molar-refractivity contribution < 1.29 is 14.4 Å². The van der Waals surface area contributed by atoms with Crippen LogP contribution in [0.4, 0.5) is 5.69 Å². The van der Waals surface area contributed by atoms with Gasteiger partial charge in [0, 0.05) is 12.6 Å². The molecule has 0 spiro atoms. The fourth-order valence-corrected chi connectivity index (χ4v) is 1.92. The summed E-state index contributed by atoms with van der Waals surface area (Å²) in [6, 6.07) is 4.37. The minimum atomic E-state index is -0.452. The molecule has 0 aromatic heterocycles. The Hall–Kier alpha value is -1.82. The molecule has 0 unspecified atom stereocenters. The van der Waals surface area contributed by atoms with Gasteiger partial charge in [0.25, 0.3) is 5.69 Å². The Kier molecular flexibility index (Phi) is 6.79. The van der Waals surface area contributed by atoms with E-state index in [0.29, 0.717) is 18.1 Å². The molecular formula is C14H22N2O4. The summed E-state index contributed by atoms with van der Waals surface area (Å²) in [7, 11) is 1.47. The van der Waals surface area contributed by atoms with Crippen LogP contribution < -0.4 is 9.47 Å². The number of hydrogen-bond donors (Lipinski definition) is 0. The standard InChI is InChI=1S/C14H22N2O4/c1-4-8-15(5-2)9-10-20-13-7-6-12(16(17)18)11-14(13)19-3/h6-7,11H,4-5,8-10H2,1-3H3. The third-order valence-corrected chi connectivity index (χ3v) is 3.01. The van der Waals surface area contributed by atoms with Crippen molar-refractivity contribution in [2.45, 2.75) is 20.3 Å². The molecule has 0 saturated heterocycles. The molecule has 6 nitrogen and oxygen atoms in total. The van der Waals surface area contributed by atoms with Crippen molar-refractivity contribution in [3.63, 3.8) is 0 Å². The second-order valence-electron chi connectivity index (χ2n) is 4.37. The lowest BCUT2D eigenvalue weighted by Gasteiger charge is -2.19. The molecule has 0 fully saturated rings. The van der Waals surface area contributed by atoms with Gasteiger partial charge in [0.1, 0.15) is 6.61 Å². The van der Waals surface area contributed by atoms with E-state index in [2.05, 4.69) is 18.7 Å². The van der Waals surface area contributed by atoms with Gasteiger partial charge >= 0.3 is 0 Å². The first kappa shape index (κ1) is 16.2. The first-order valence-corrected chi connectivity index (χ1v) is 6.79. The minimum absolute atomic E-state index is 0.00429. The summed E-state index contributed by atoms with van der Waals surface area (Å²) in [6.07, 6.45) is 1.11. The predicted octanol–water partition coefficient (Wildman–Crippen LogP) is 2.71. The average Bonchev–Trinajstić information content (AvgIpc) is 2.46. The lowest BCUT2D eigenvalue weighted by Crippen LogP contribution is -2.29. The lowest BCUT2D eigenvalue weighted by atomic mass is 10.3. The number of nitro groups is 1. The Morgan fingerprint density at radius 1 is 1.25 bits per heavy atom. The number of non-ortho nitro benzene ring substituents is 1. The zero-order valence-electron chi connectivity index (χ0n) is 12.3. The van der Waals surface area contributed by atoms with Gasteiger partial charge in [-0.15, -0.1) is 0 Å². The largest absolute Gasteiger partial charge is 0.493 e. The van der Waals surface area contributed by atoms with Crippen molar-refractivity contribution in [2.75, 3.05) is 33.4 Å². The van der Waals surface area contributed by atoms with Gasteiger partial charge in [-0.3, -0.25) is 10.1 Å². The maximum atomic E-state index is 10.7. The first-order valence-electron chi connectivity index (χ1n) is 6.79. The van der Waals surface area contributed by atoms with Crippen molar-refractivity contribution in [3.8, 4) is 11.5 Å². The number of likely N-dealkylation sites (N-methyl/N-ethyl adjacent to an activating group) is 1. The number of nitro benzene ring substituents is 1. The molecule has 1 aromatic rings. The topological polar surface area (TPSA) is 64.8 Å². The molecule has 0 saturated carbocycles. The van der Waals surface area contributed by atoms with E-state index in [4.69, 9.17) is 9.47 Å². The Labute approximate surface area is 119 Å². The summed E-state index contributed by atoms with van der Waals surface area (Å²) < 4.78 is 10.8. The van der Waals surface area contributed by atoms with Crippen molar-refractivity contribution >= 4 is 5.69 Å². The molecule has 0 amide bonds. The highest BCUT2D eigenvalue weighted by molar-refractivity contribution is 5.48. The third kappa shape index (κ3) is 4.70. The van der Waals surface area contributed by atoms with Crippen LogP contribution in [0.15, 0.2) is 18.2 Å². The van der Waals surface area contributed by atoms with Crippen molar-refractivity contribution in [2.24, 2.45) is 0 Å². The highest BCUT2D eigenvalue weighted by Crippen LogP contribution is 2.30. The van der Waals surface area contributed by atoms with E-state index in [1.807, 2.05) is 0 Å². The lowest BCUT2D eigenvalue weighted by molar-refractivity contribution is -0.384. The van der Waals surface area contributed by atoms with E-state index < -0.39 is 4.92 Å². The molecular weight excluding hydrogens is 260 g/mol. The van der Waals surface area contributed by atoms with Crippen LogP contribution in [0.25, 0.3) is 0 Å². The predicted molar refractivity (Wildman–Crippen MR) is 77.5 cm³/mol. The van der Waals surface area contributed by atoms with Crippen LogP contribution in [0.3, 0.4) is 0 Å². The summed E-state index contributed by atoms with van der Waals surface area (Å²) in [5, 5.41) is 10.7. The SMILES string of the molecule is CCCN(CC)CCOc1ccc([N+](=O)[O-])cc1OC. The molecule has 1 rings (SSSR count). The summed E-state index contributed by atoms with van der Waals surface area (Å²) in [6.45, 7) is 7.63. The van der Waals surface area contributed by atoms with Crippen molar-refractivity contribution in [1.82, 2.24) is 4.90 Å². The zero-order valence-corrected chi connectivity index (χ0v) is 12.3. The van der Waals surface area contributed by atoms with Gasteiger partial charge in [0.05, 0.1) is 18.1 Å². The normalized spacial score (nSPS) is 10.6. The van der Waals surface area contributed by atoms with Gasteiger partial charge in [0.2, 0.25) is 0 Å². The Morgan fingerprint density at radius 3 is 2.55 bits per heavy atom. The smallest absolute Gasteiger partial charge is 0.273 e. The van der Waals surface area contributed by atoms with Crippen molar-refractivity contribution in [3.05, 3.63) is 28.3 Å². The van der Waals surface area contributed by atoms with Crippen LogP contribution in [-0.4, -0.2) is 43.2 Å². The van der Waals surface area contributed by atoms with Crippen LogP contribution in [-0.2, 0) is 0 Å². The van der Waals surface area contributed by atoms with Gasteiger partial charge in [0.15, 0.2) is 11.5 Å². The van der Waals surface area contributed by atoms with Gasteiger partial charge in [-0.2, -0.15) is 0 Å². The van der Waals surface area contributed by atoms with Gasteiger partial charge in [-0.25, -0.2) is 0 Å². The summed E-state index contributed by atoms with van der Waals surface area (Å²) in [5.74, 6) is 0.920. The Balaban J connectivity index is 2.61. The van der Waals surface area contributed by atoms with Gasteiger partial charge < -0.3 is 14.4 Å². The molecule has 0 bridgehead atoms. The van der Waals surface area contributed by atoms with E-state index >= 15 is 0 Å². The van der Waals surface area contributed by atoms with E-state index in [-0.39, 0.29) is 5.69 Å². The highest BCUT2D eigenvalue weighted by atomic mass is 16.6. The molecule has 1 aromatic carbocycles. The second-order valence-corrected chi connectivity index (χ2v) is 4.37. The number of methoxy groups -OCH3 is 1. The molecule has 20 heavy (non-hydrogen) atoms. The van der Waals surface area contributed by atoms with Crippen molar-refractivity contribution in [1.29, 1.82) is 0 Å². The molecule has 0 aliphatic carbocycles. The summed E-state index contributed by atoms with van der Waals surface area (Å²) in [5.41, 5.74) is -0.00429. The molecule has 0 N–H and O–H groups in total. The molecule has 0 aliphatic rings. The molecule has 112 valence electrons. The number of ether oxygens (including phenoxy) is 2. The number of rotatable bonds is 9. The maximum absolute atomic E-state index is 10.7. The molecule has 0 atom stereocenters. The zero-order chi connectivity index (χ0) is 15.0.